The summed E-state index contributed by atoms with van der Waals surface area (Å²) in [7, 11) is -3.65. The Bertz CT molecular complexity index is 1180. The van der Waals surface area contributed by atoms with Crippen LogP contribution < -0.4 is 5.32 Å². The molecule has 2 heterocycles. The van der Waals surface area contributed by atoms with Crippen molar-refractivity contribution in [3.8, 4) is 0 Å². The molecule has 2 N–H and O–H groups in total. The van der Waals surface area contributed by atoms with Crippen LogP contribution in [0.4, 0.5) is 5.69 Å². The van der Waals surface area contributed by atoms with E-state index in [0.29, 0.717) is 43.2 Å². The third-order valence-corrected chi connectivity index (χ3v) is 7.10. The molecule has 0 saturated carbocycles. The number of benzene rings is 2. The van der Waals surface area contributed by atoms with Crippen molar-refractivity contribution in [3.05, 3.63) is 59.3 Å². The molecule has 152 valence electrons. The molecule has 1 aliphatic heterocycles. The van der Waals surface area contributed by atoms with Crippen molar-refractivity contribution in [1.82, 2.24) is 9.29 Å². The summed E-state index contributed by atoms with van der Waals surface area (Å²) in [6.07, 6.45) is 0. The molecule has 4 rings (SSSR count). The Morgan fingerprint density at radius 2 is 1.83 bits per heavy atom. The summed E-state index contributed by atoms with van der Waals surface area (Å²) >= 11 is 0. The van der Waals surface area contributed by atoms with Crippen LogP contribution in [0.2, 0.25) is 0 Å². The zero-order valence-corrected chi connectivity index (χ0v) is 17.2. The van der Waals surface area contributed by atoms with Gasteiger partial charge in [0.1, 0.15) is 5.69 Å². The van der Waals surface area contributed by atoms with Crippen molar-refractivity contribution in [2.45, 2.75) is 18.7 Å². The van der Waals surface area contributed by atoms with E-state index in [-0.39, 0.29) is 10.8 Å². The van der Waals surface area contributed by atoms with Crippen LogP contribution >= 0.6 is 0 Å². The number of rotatable bonds is 4. The second-order valence-corrected chi connectivity index (χ2v) is 9.13. The molecule has 1 saturated heterocycles. The Balaban J connectivity index is 1.60. The number of hydrogen-bond donors (Lipinski definition) is 2. The van der Waals surface area contributed by atoms with Gasteiger partial charge in [-0.2, -0.15) is 4.31 Å². The third kappa shape index (κ3) is 3.91. The SMILES string of the molecule is Cc1ccc2[nH]c(C(=O)Nc3ccc(C)c(S(=O)(=O)N4CCOCC4)c3)cc2c1. The van der Waals surface area contributed by atoms with Gasteiger partial charge in [-0.1, -0.05) is 17.7 Å². The number of carbonyl (C=O) groups excluding carboxylic acids is 1. The quantitative estimate of drug-likeness (QED) is 0.688. The lowest BCUT2D eigenvalue weighted by Gasteiger charge is -2.26. The highest BCUT2D eigenvalue weighted by Gasteiger charge is 2.28. The standard InChI is InChI=1S/C21H23N3O4S/c1-14-3-6-18-16(11-14)12-19(23-18)21(25)22-17-5-4-15(2)20(13-17)29(26,27)24-7-9-28-10-8-24/h3-6,11-13,23H,7-10H2,1-2H3,(H,22,25). The van der Waals surface area contributed by atoms with E-state index in [4.69, 9.17) is 4.74 Å². The Hall–Kier alpha value is -2.68. The highest BCUT2D eigenvalue weighted by molar-refractivity contribution is 7.89. The van der Waals surface area contributed by atoms with Crippen molar-refractivity contribution in [2.75, 3.05) is 31.6 Å². The molecule has 7 nitrogen and oxygen atoms in total. The van der Waals surface area contributed by atoms with E-state index in [0.717, 1.165) is 16.5 Å². The number of hydrogen-bond acceptors (Lipinski definition) is 4. The summed E-state index contributed by atoms with van der Waals surface area (Å²) in [6.45, 7) is 5.16. The Labute approximate surface area is 169 Å². The summed E-state index contributed by atoms with van der Waals surface area (Å²) in [5.41, 5.74) is 3.47. The number of morpholine rings is 1. The minimum absolute atomic E-state index is 0.199. The van der Waals surface area contributed by atoms with E-state index in [1.54, 1.807) is 25.1 Å². The number of carbonyl (C=O) groups is 1. The summed E-state index contributed by atoms with van der Waals surface area (Å²) in [5.74, 6) is -0.322. The predicted molar refractivity (Wildman–Crippen MR) is 112 cm³/mol. The van der Waals surface area contributed by atoms with Crippen LogP contribution in [0, 0.1) is 13.8 Å². The average Bonchev–Trinajstić information content (AvgIpc) is 3.13. The summed E-state index contributed by atoms with van der Waals surface area (Å²) in [6, 6.07) is 12.6. The summed E-state index contributed by atoms with van der Waals surface area (Å²) < 4.78 is 32.7. The number of aromatic amines is 1. The van der Waals surface area contributed by atoms with Gasteiger partial charge in [-0.05, 0) is 49.7 Å². The van der Waals surface area contributed by atoms with Crippen LogP contribution in [-0.4, -0.2) is 49.9 Å². The molecular formula is C21H23N3O4S. The first kappa shape index (κ1) is 19.6. The van der Waals surface area contributed by atoms with E-state index < -0.39 is 10.0 Å². The minimum atomic E-state index is -3.65. The number of aryl methyl sites for hydroxylation is 2. The van der Waals surface area contributed by atoms with Gasteiger partial charge in [-0.15, -0.1) is 0 Å². The van der Waals surface area contributed by atoms with Gasteiger partial charge in [-0.3, -0.25) is 4.79 Å². The molecule has 3 aromatic rings. The molecular weight excluding hydrogens is 390 g/mol. The zero-order chi connectivity index (χ0) is 20.6. The lowest BCUT2D eigenvalue weighted by Crippen LogP contribution is -2.40. The number of nitrogens with zero attached hydrogens (tertiary/aromatic N) is 1. The van der Waals surface area contributed by atoms with E-state index in [9.17, 15) is 13.2 Å². The molecule has 0 spiro atoms. The number of aromatic nitrogens is 1. The van der Waals surface area contributed by atoms with Gasteiger partial charge < -0.3 is 15.0 Å². The molecule has 1 aliphatic rings. The average molecular weight is 413 g/mol. The molecule has 0 atom stereocenters. The maximum absolute atomic E-state index is 13.0. The van der Waals surface area contributed by atoms with Gasteiger partial charge in [0.2, 0.25) is 10.0 Å². The smallest absolute Gasteiger partial charge is 0.272 e. The van der Waals surface area contributed by atoms with Gasteiger partial charge in [0, 0.05) is 29.7 Å². The lowest BCUT2D eigenvalue weighted by molar-refractivity contribution is 0.0730. The maximum Gasteiger partial charge on any atom is 0.272 e. The molecule has 1 aromatic heterocycles. The molecule has 29 heavy (non-hydrogen) atoms. The molecule has 0 unspecified atom stereocenters. The number of amides is 1. The largest absolute Gasteiger partial charge is 0.379 e. The number of sulfonamides is 1. The highest BCUT2D eigenvalue weighted by atomic mass is 32.2. The van der Waals surface area contributed by atoms with Gasteiger partial charge in [0.15, 0.2) is 0 Å². The van der Waals surface area contributed by atoms with Crippen molar-refractivity contribution >= 4 is 32.5 Å². The van der Waals surface area contributed by atoms with Crippen molar-refractivity contribution in [1.29, 1.82) is 0 Å². The number of fused-ring (bicyclic) bond motifs is 1. The molecule has 2 aromatic carbocycles. The Morgan fingerprint density at radius 1 is 1.07 bits per heavy atom. The number of H-pyrrole nitrogens is 1. The van der Waals surface area contributed by atoms with Crippen molar-refractivity contribution < 1.29 is 17.9 Å². The fraction of sp³-hybridized carbons (Fsp3) is 0.286. The van der Waals surface area contributed by atoms with Crippen molar-refractivity contribution in [3.63, 3.8) is 0 Å². The van der Waals surface area contributed by atoms with Gasteiger partial charge in [0.25, 0.3) is 5.91 Å². The molecule has 0 aliphatic carbocycles. The van der Waals surface area contributed by atoms with Crippen molar-refractivity contribution in [2.24, 2.45) is 0 Å². The number of ether oxygens (including phenoxy) is 1. The predicted octanol–water partition coefficient (Wildman–Crippen LogP) is 3.06. The second-order valence-electron chi connectivity index (χ2n) is 7.22. The fourth-order valence-electron chi connectivity index (χ4n) is 3.45. The lowest BCUT2D eigenvalue weighted by atomic mass is 10.2. The van der Waals surface area contributed by atoms with Gasteiger partial charge in [0.05, 0.1) is 18.1 Å². The Kier molecular flexibility index (Phi) is 5.16. The third-order valence-electron chi connectivity index (χ3n) is 5.05. The normalized spacial score (nSPS) is 15.5. The van der Waals surface area contributed by atoms with Gasteiger partial charge >= 0.3 is 0 Å². The van der Waals surface area contributed by atoms with Crippen LogP contribution in [0.1, 0.15) is 21.6 Å². The first-order chi connectivity index (χ1) is 13.8. The highest BCUT2D eigenvalue weighted by Crippen LogP contribution is 2.25. The summed E-state index contributed by atoms with van der Waals surface area (Å²) in [4.78, 5) is 16.0. The summed E-state index contributed by atoms with van der Waals surface area (Å²) in [5, 5.41) is 3.75. The zero-order valence-electron chi connectivity index (χ0n) is 16.4. The molecule has 1 fully saturated rings. The van der Waals surface area contributed by atoms with Crippen LogP contribution in [0.25, 0.3) is 10.9 Å². The first-order valence-electron chi connectivity index (χ1n) is 9.44. The van der Waals surface area contributed by atoms with Gasteiger partial charge in [-0.25, -0.2) is 8.42 Å². The monoisotopic (exact) mass is 413 g/mol. The van der Waals surface area contributed by atoms with Crippen LogP contribution in [0.15, 0.2) is 47.4 Å². The van der Waals surface area contributed by atoms with Crippen LogP contribution in [-0.2, 0) is 14.8 Å². The van der Waals surface area contributed by atoms with Crippen LogP contribution in [0.5, 0.6) is 0 Å². The van der Waals surface area contributed by atoms with Crippen LogP contribution in [0.3, 0.4) is 0 Å². The number of anilines is 1. The van der Waals surface area contributed by atoms with E-state index in [1.165, 1.54) is 10.4 Å². The van der Waals surface area contributed by atoms with E-state index >= 15 is 0 Å². The maximum atomic E-state index is 13.0. The molecule has 0 radical (unpaired) electrons. The minimum Gasteiger partial charge on any atom is -0.379 e. The number of nitrogens with one attached hydrogen (secondary N) is 2. The Morgan fingerprint density at radius 3 is 2.59 bits per heavy atom. The van der Waals surface area contributed by atoms with E-state index in [1.807, 2.05) is 25.1 Å². The molecule has 1 amide bonds. The topological polar surface area (TPSA) is 91.5 Å². The fourth-order valence-corrected chi connectivity index (χ4v) is 5.11. The molecule has 0 bridgehead atoms. The molecule has 8 heteroatoms. The second kappa shape index (κ2) is 7.62. The first-order valence-corrected chi connectivity index (χ1v) is 10.9. The van der Waals surface area contributed by atoms with E-state index in [2.05, 4.69) is 10.3 Å².